The van der Waals surface area contributed by atoms with Crippen molar-refractivity contribution in [2.75, 3.05) is 5.75 Å². The number of halogens is 2. The van der Waals surface area contributed by atoms with Crippen LogP contribution in [0.3, 0.4) is 0 Å². The van der Waals surface area contributed by atoms with Gasteiger partial charge in [0, 0.05) is 5.92 Å². The van der Waals surface area contributed by atoms with E-state index in [1.165, 1.54) is 6.92 Å². The first-order chi connectivity index (χ1) is 5.83. The van der Waals surface area contributed by atoms with Crippen LogP contribution in [0.4, 0.5) is 0 Å². The van der Waals surface area contributed by atoms with Crippen molar-refractivity contribution in [1.82, 2.24) is 0 Å². The molecule has 0 aliphatic heterocycles. The van der Waals surface area contributed by atoms with Gasteiger partial charge >= 0.3 is 0 Å². The number of sulfone groups is 1. The summed E-state index contributed by atoms with van der Waals surface area (Å²) in [5, 5.41) is 0. The lowest BCUT2D eigenvalue weighted by Crippen LogP contribution is -2.37. The molecular weight excluding hydrogens is 279 g/mol. The summed E-state index contributed by atoms with van der Waals surface area (Å²) in [7, 11) is -3.57. The van der Waals surface area contributed by atoms with E-state index in [1.807, 2.05) is 0 Å². The van der Waals surface area contributed by atoms with Crippen LogP contribution in [0, 0.1) is 5.92 Å². The van der Waals surface area contributed by atoms with Crippen LogP contribution in [0.1, 0.15) is 19.8 Å². The molecule has 1 atom stereocenters. The zero-order valence-electron chi connectivity index (χ0n) is 7.09. The molecule has 1 saturated carbocycles. The van der Waals surface area contributed by atoms with Crippen LogP contribution < -0.4 is 0 Å². The molecule has 0 heterocycles. The van der Waals surface area contributed by atoms with Gasteiger partial charge in [-0.1, -0.05) is 18.5 Å². The molecule has 6 heteroatoms. The molecule has 0 spiro atoms. The fourth-order valence-corrected chi connectivity index (χ4v) is 3.25. The minimum Gasteiger partial charge on any atom is -0.295 e. The summed E-state index contributed by atoms with van der Waals surface area (Å²) in [5.41, 5.74) is 0. The Morgan fingerprint density at radius 1 is 1.62 bits per heavy atom. The number of ketones is 1. The quantitative estimate of drug-likeness (QED) is 0.740. The van der Waals surface area contributed by atoms with Gasteiger partial charge in [-0.05, 0) is 28.8 Å². The molecule has 0 N–H and O–H groups in total. The second-order valence-corrected chi connectivity index (χ2v) is 8.44. The van der Waals surface area contributed by atoms with Crippen molar-refractivity contribution in [1.29, 1.82) is 0 Å². The summed E-state index contributed by atoms with van der Waals surface area (Å²) >= 11 is 8.49. The number of Topliss-reactive ketones (excluding diaryl/α,β-unsaturated/α-hetero) is 1. The van der Waals surface area contributed by atoms with Crippen molar-refractivity contribution >= 4 is 43.2 Å². The van der Waals surface area contributed by atoms with Gasteiger partial charge in [0.25, 0.3) is 3.12 Å². The van der Waals surface area contributed by atoms with Gasteiger partial charge in [-0.15, -0.1) is 0 Å². The van der Waals surface area contributed by atoms with E-state index >= 15 is 0 Å². The first-order valence-corrected chi connectivity index (χ1v) is 6.79. The van der Waals surface area contributed by atoms with Crippen molar-refractivity contribution < 1.29 is 13.2 Å². The molecular formula is C7H10BrClO3S. The van der Waals surface area contributed by atoms with Crippen molar-refractivity contribution in [3.8, 4) is 0 Å². The minimum absolute atomic E-state index is 0.139. The highest BCUT2D eigenvalue weighted by atomic mass is 79.9. The summed E-state index contributed by atoms with van der Waals surface area (Å²) in [4.78, 5) is 11.5. The first-order valence-electron chi connectivity index (χ1n) is 3.97. The predicted molar refractivity (Wildman–Crippen MR) is 54.7 cm³/mol. The fraction of sp³-hybridized carbons (Fsp3) is 0.857. The molecule has 3 nitrogen and oxygen atoms in total. The van der Waals surface area contributed by atoms with Gasteiger partial charge in [0.1, 0.15) is 0 Å². The van der Waals surface area contributed by atoms with Crippen LogP contribution in [0.5, 0.6) is 0 Å². The molecule has 0 unspecified atom stereocenters. The average Bonchev–Trinajstić information content (AvgIpc) is 2.85. The van der Waals surface area contributed by atoms with E-state index in [-0.39, 0.29) is 11.7 Å². The number of carbonyl (C=O) groups excluding carboxylic acids is 1. The van der Waals surface area contributed by atoms with Crippen molar-refractivity contribution in [3.05, 3.63) is 0 Å². The van der Waals surface area contributed by atoms with Gasteiger partial charge in [0.2, 0.25) is 0 Å². The van der Waals surface area contributed by atoms with E-state index in [4.69, 9.17) is 11.6 Å². The topological polar surface area (TPSA) is 51.2 Å². The van der Waals surface area contributed by atoms with E-state index in [0.717, 1.165) is 12.8 Å². The lowest BCUT2D eigenvalue weighted by molar-refractivity contribution is -0.119. The number of carbonyl (C=O) groups is 1. The molecule has 0 aromatic heterocycles. The Hall–Kier alpha value is 0.390. The zero-order chi connectivity index (χ0) is 10.3. The van der Waals surface area contributed by atoms with Gasteiger partial charge in [-0.2, -0.15) is 0 Å². The van der Waals surface area contributed by atoms with Crippen LogP contribution in [-0.4, -0.2) is 23.1 Å². The number of alkyl halides is 2. The number of hydrogen-bond acceptors (Lipinski definition) is 3. The average molecular weight is 290 g/mol. The van der Waals surface area contributed by atoms with Gasteiger partial charge < -0.3 is 0 Å². The highest BCUT2D eigenvalue weighted by Crippen LogP contribution is 2.42. The Bertz CT molecular complexity index is 319. The normalized spacial score (nSPS) is 22.4. The van der Waals surface area contributed by atoms with Crippen LogP contribution in [0.2, 0.25) is 0 Å². The Morgan fingerprint density at radius 2 is 2.08 bits per heavy atom. The van der Waals surface area contributed by atoms with Gasteiger partial charge in [-0.3, -0.25) is 4.79 Å². The summed E-state index contributed by atoms with van der Waals surface area (Å²) < 4.78 is 20.9. The Balaban J connectivity index is 2.92. The van der Waals surface area contributed by atoms with Crippen LogP contribution in [0.15, 0.2) is 0 Å². The fourth-order valence-electron chi connectivity index (χ4n) is 0.918. The molecule has 0 aromatic rings. The predicted octanol–water partition coefficient (Wildman–Crippen LogP) is 1.69. The van der Waals surface area contributed by atoms with Gasteiger partial charge in [-0.25, -0.2) is 8.42 Å². The molecule has 0 saturated heterocycles. The van der Waals surface area contributed by atoms with E-state index in [1.54, 1.807) is 0 Å². The smallest absolute Gasteiger partial charge is 0.257 e. The number of hydrogen-bond donors (Lipinski definition) is 0. The van der Waals surface area contributed by atoms with Gasteiger partial charge in [0.05, 0.1) is 5.75 Å². The minimum atomic E-state index is -3.57. The van der Waals surface area contributed by atoms with Crippen LogP contribution in [0.25, 0.3) is 0 Å². The Morgan fingerprint density at radius 3 is 2.38 bits per heavy atom. The first kappa shape index (κ1) is 11.5. The molecule has 1 fully saturated rings. The summed E-state index contributed by atoms with van der Waals surface area (Å²) in [5.74, 6) is -0.727. The Kier molecular flexibility index (Phi) is 3.10. The molecule has 0 amide bonds. The maximum absolute atomic E-state index is 11.5. The third-order valence-electron chi connectivity index (χ3n) is 2.01. The highest BCUT2D eigenvalue weighted by Gasteiger charge is 2.51. The molecule has 0 aromatic carbocycles. The lowest BCUT2D eigenvalue weighted by Gasteiger charge is -2.17. The molecule has 1 aliphatic carbocycles. The standard InChI is InChI=1S/C7H10BrClO3S/c1-2-13(11,12)7(8,9)6(10)5-3-4-5/h5H,2-4H2,1H3/t7-/m0/s1. The highest BCUT2D eigenvalue weighted by molar-refractivity contribution is 9.12. The van der Waals surface area contributed by atoms with E-state index < -0.39 is 18.7 Å². The van der Waals surface area contributed by atoms with E-state index in [0.29, 0.717) is 0 Å². The zero-order valence-corrected chi connectivity index (χ0v) is 10.2. The SMILES string of the molecule is CCS(=O)(=O)[C@](Cl)(Br)C(=O)C1CC1. The van der Waals surface area contributed by atoms with E-state index in [2.05, 4.69) is 15.9 Å². The summed E-state index contributed by atoms with van der Waals surface area (Å²) in [6, 6.07) is 0. The van der Waals surface area contributed by atoms with Crippen LogP contribution >= 0.6 is 27.5 Å². The van der Waals surface area contributed by atoms with Crippen molar-refractivity contribution in [2.45, 2.75) is 22.9 Å². The summed E-state index contributed by atoms with van der Waals surface area (Å²) in [6.45, 7) is 1.47. The van der Waals surface area contributed by atoms with Gasteiger partial charge in [0.15, 0.2) is 15.6 Å². The second-order valence-electron chi connectivity index (χ2n) is 3.06. The monoisotopic (exact) mass is 288 g/mol. The maximum atomic E-state index is 11.5. The van der Waals surface area contributed by atoms with Crippen molar-refractivity contribution in [2.24, 2.45) is 5.92 Å². The lowest BCUT2D eigenvalue weighted by atomic mass is 10.3. The van der Waals surface area contributed by atoms with E-state index in [9.17, 15) is 13.2 Å². The molecule has 0 radical (unpaired) electrons. The van der Waals surface area contributed by atoms with Crippen LogP contribution in [-0.2, 0) is 14.6 Å². The third-order valence-corrected chi connectivity index (χ3v) is 6.51. The molecule has 76 valence electrons. The third kappa shape index (κ3) is 2.07. The molecule has 1 rings (SSSR count). The van der Waals surface area contributed by atoms with Crippen molar-refractivity contribution in [3.63, 3.8) is 0 Å². The second kappa shape index (κ2) is 3.51. The summed E-state index contributed by atoms with van der Waals surface area (Å²) in [6.07, 6.45) is 1.50. The molecule has 1 aliphatic rings. The molecule has 13 heavy (non-hydrogen) atoms. The largest absolute Gasteiger partial charge is 0.295 e. The maximum Gasteiger partial charge on any atom is 0.257 e. The number of rotatable bonds is 4. The molecule has 0 bridgehead atoms. The Labute approximate surface area is 90.9 Å².